The molecule has 1 fully saturated rings. The molecule has 1 atom stereocenters. The molecule has 2 N–H and O–H groups in total. The first-order valence-corrected chi connectivity index (χ1v) is 8.91. The zero-order chi connectivity index (χ0) is 17.2. The second-order valence-electron chi connectivity index (χ2n) is 7.47. The van der Waals surface area contributed by atoms with E-state index in [4.69, 9.17) is 9.47 Å². The van der Waals surface area contributed by atoms with Crippen molar-refractivity contribution in [3.05, 3.63) is 23.8 Å². The van der Waals surface area contributed by atoms with Crippen LogP contribution in [0.15, 0.2) is 18.2 Å². The van der Waals surface area contributed by atoms with Crippen LogP contribution in [-0.2, 0) is 0 Å². The number of carbonyl (C=O) groups excluding carboxylic acids is 1. The first kappa shape index (κ1) is 16.9. The van der Waals surface area contributed by atoms with Crippen LogP contribution in [0.1, 0.15) is 64.0 Å². The Hall–Kier alpha value is -1.91. The van der Waals surface area contributed by atoms with Crippen LogP contribution in [0.2, 0.25) is 0 Å². The van der Waals surface area contributed by atoms with E-state index in [1.807, 2.05) is 32.0 Å². The van der Waals surface area contributed by atoms with Crippen LogP contribution < -0.4 is 20.1 Å². The summed E-state index contributed by atoms with van der Waals surface area (Å²) < 4.78 is 11.4. The Balaban J connectivity index is 1.71. The standard InChI is InChI=1S/C19H28N2O3/c1-19(2)12-16(15-10-9-14(23-3)11-17(15)24-19)21-18(22)20-13-7-5-4-6-8-13/h9-11,13,16H,4-8,12H2,1-3H3,(H2,20,21,22)/t16-/m1/s1. The highest BCUT2D eigenvalue weighted by molar-refractivity contribution is 5.75. The Labute approximate surface area is 144 Å². The van der Waals surface area contributed by atoms with Gasteiger partial charge in [0.1, 0.15) is 17.1 Å². The fraction of sp³-hybridized carbons (Fsp3) is 0.632. The fourth-order valence-corrected chi connectivity index (χ4v) is 3.72. The molecule has 0 unspecified atom stereocenters. The van der Waals surface area contributed by atoms with Crippen LogP contribution >= 0.6 is 0 Å². The van der Waals surface area contributed by atoms with Gasteiger partial charge >= 0.3 is 6.03 Å². The molecular weight excluding hydrogens is 304 g/mol. The molecule has 1 saturated carbocycles. The summed E-state index contributed by atoms with van der Waals surface area (Å²) in [5.74, 6) is 1.55. The minimum absolute atomic E-state index is 0.0572. The molecule has 0 bridgehead atoms. The third-order valence-electron chi connectivity index (χ3n) is 4.92. The molecule has 132 valence electrons. The molecule has 0 aromatic heterocycles. The van der Waals surface area contributed by atoms with E-state index in [0.29, 0.717) is 6.04 Å². The number of fused-ring (bicyclic) bond motifs is 1. The number of methoxy groups -OCH3 is 1. The van der Waals surface area contributed by atoms with Crippen molar-refractivity contribution < 1.29 is 14.3 Å². The van der Waals surface area contributed by atoms with E-state index < -0.39 is 0 Å². The molecule has 5 nitrogen and oxygen atoms in total. The molecule has 3 rings (SSSR count). The van der Waals surface area contributed by atoms with Crippen molar-refractivity contribution in [2.75, 3.05) is 7.11 Å². The molecule has 5 heteroatoms. The largest absolute Gasteiger partial charge is 0.497 e. The molecule has 1 aromatic carbocycles. The van der Waals surface area contributed by atoms with Gasteiger partial charge in [-0.3, -0.25) is 0 Å². The molecule has 1 aliphatic heterocycles. The predicted molar refractivity (Wildman–Crippen MR) is 93.6 cm³/mol. The van der Waals surface area contributed by atoms with E-state index in [1.165, 1.54) is 19.3 Å². The maximum atomic E-state index is 12.4. The summed E-state index contributed by atoms with van der Waals surface area (Å²) in [5, 5.41) is 6.28. The second-order valence-corrected chi connectivity index (χ2v) is 7.47. The van der Waals surface area contributed by atoms with Crippen LogP contribution in [0, 0.1) is 0 Å². The molecule has 0 radical (unpaired) electrons. The molecule has 1 aromatic rings. The van der Waals surface area contributed by atoms with E-state index >= 15 is 0 Å². The molecular formula is C19H28N2O3. The monoisotopic (exact) mass is 332 g/mol. The summed E-state index contributed by atoms with van der Waals surface area (Å²) in [6.07, 6.45) is 6.60. The number of urea groups is 1. The van der Waals surface area contributed by atoms with E-state index in [1.54, 1.807) is 7.11 Å². The third-order valence-corrected chi connectivity index (χ3v) is 4.92. The smallest absolute Gasteiger partial charge is 0.315 e. The molecule has 1 aliphatic carbocycles. The van der Waals surface area contributed by atoms with Crippen LogP contribution in [-0.4, -0.2) is 24.8 Å². The van der Waals surface area contributed by atoms with Gasteiger partial charge in [-0.15, -0.1) is 0 Å². The first-order chi connectivity index (χ1) is 11.5. The van der Waals surface area contributed by atoms with Crippen LogP contribution in [0.4, 0.5) is 4.79 Å². The van der Waals surface area contributed by atoms with Gasteiger partial charge in [0, 0.05) is 24.1 Å². The number of nitrogens with one attached hydrogen (secondary N) is 2. The minimum Gasteiger partial charge on any atom is -0.497 e. The number of rotatable bonds is 3. The Kier molecular flexibility index (Phi) is 4.88. The molecule has 24 heavy (non-hydrogen) atoms. The lowest BCUT2D eigenvalue weighted by Crippen LogP contribution is -2.47. The summed E-state index contributed by atoms with van der Waals surface area (Å²) >= 11 is 0. The Bertz CT molecular complexity index is 594. The number of carbonyl (C=O) groups is 1. The van der Waals surface area contributed by atoms with Gasteiger partial charge in [-0.25, -0.2) is 4.79 Å². The SMILES string of the molecule is COc1ccc2c(c1)OC(C)(C)C[C@H]2NC(=O)NC1CCCCC1. The number of benzene rings is 1. The summed E-state index contributed by atoms with van der Waals surface area (Å²) in [4.78, 5) is 12.4. The van der Waals surface area contributed by atoms with Gasteiger partial charge in [0.25, 0.3) is 0 Å². The predicted octanol–water partition coefficient (Wildman–Crippen LogP) is 3.93. The third kappa shape index (κ3) is 3.94. The second kappa shape index (κ2) is 6.91. The van der Waals surface area contributed by atoms with Gasteiger partial charge in [0.05, 0.1) is 13.2 Å². The summed E-state index contributed by atoms with van der Waals surface area (Å²) in [6, 6.07) is 5.96. The maximum absolute atomic E-state index is 12.4. The van der Waals surface area contributed by atoms with Gasteiger partial charge in [-0.2, -0.15) is 0 Å². The van der Waals surface area contributed by atoms with Crippen molar-refractivity contribution in [2.45, 2.75) is 70.1 Å². The van der Waals surface area contributed by atoms with Gasteiger partial charge < -0.3 is 20.1 Å². The van der Waals surface area contributed by atoms with E-state index in [0.717, 1.165) is 36.3 Å². The van der Waals surface area contributed by atoms with Gasteiger partial charge in [-0.05, 0) is 38.8 Å². The molecule has 1 heterocycles. The Morgan fingerprint density at radius 3 is 2.67 bits per heavy atom. The molecule has 0 saturated heterocycles. The average molecular weight is 332 g/mol. The molecule has 2 aliphatic rings. The van der Waals surface area contributed by atoms with Gasteiger partial charge in [0.15, 0.2) is 0 Å². The zero-order valence-electron chi connectivity index (χ0n) is 14.9. The van der Waals surface area contributed by atoms with Crippen LogP contribution in [0.3, 0.4) is 0 Å². The number of ether oxygens (including phenoxy) is 2. The lowest BCUT2D eigenvalue weighted by Gasteiger charge is -2.38. The number of hydrogen-bond donors (Lipinski definition) is 2. The van der Waals surface area contributed by atoms with Crippen molar-refractivity contribution in [3.8, 4) is 11.5 Å². The lowest BCUT2D eigenvalue weighted by atomic mass is 9.89. The lowest BCUT2D eigenvalue weighted by molar-refractivity contribution is 0.0674. The average Bonchev–Trinajstić information content (AvgIpc) is 2.54. The van der Waals surface area contributed by atoms with Crippen molar-refractivity contribution in [1.29, 1.82) is 0 Å². The van der Waals surface area contributed by atoms with Crippen LogP contribution in [0.25, 0.3) is 0 Å². The summed E-state index contributed by atoms with van der Waals surface area (Å²) in [6.45, 7) is 4.09. The quantitative estimate of drug-likeness (QED) is 0.882. The fourth-order valence-electron chi connectivity index (χ4n) is 3.72. The van der Waals surface area contributed by atoms with E-state index in [9.17, 15) is 4.79 Å². The van der Waals surface area contributed by atoms with Crippen molar-refractivity contribution in [1.82, 2.24) is 10.6 Å². The first-order valence-electron chi connectivity index (χ1n) is 8.91. The van der Waals surface area contributed by atoms with Crippen molar-refractivity contribution in [3.63, 3.8) is 0 Å². The molecule has 2 amide bonds. The zero-order valence-corrected chi connectivity index (χ0v) is 14.9. The van der Waals surface area contributed by atoms with Crippen molar-refractivity contribution >= 4 is 6.03 Å². The highest BCUT2D eigenvalue weighted by Crippen LogP contribution is 2.41. The highest BCUT2D eigenvalue weighted by atomic mass is 16.5. The Morgan fingerprint density at radius 1 is 1.21 bits per heavy atom. The summed E-state index contributed by atoms with van der Waals surface area (Å²) in [5.41, 5.74) is 0.677. The van der Waals surface area contributed by atoms with Crippen molar-refractivity contribution in [2.24, 2.45) is 0 Å². The van der Waals surface area contributed by atoms with E-state index in [-0.39, 0.29) is 17.7 Å². The normalized spacial score (nSPS) is 22.9. The van der Waals surface area contributed by atoms with Gasteiger partial charge in [0.2, 0.25) is 0 Å². The topological polar surface area (TPSA) is 59.6 Å². The molecule has 0 spiro atoms. The highest BCUT2D eigenvalue weighted by Gasteiger charge is 2.35. The Morgan fingerprint density at radius 2 is 1.96 bits per heavy atom. The number of amides is 2. The van der Waals surface area contributed by atoms with Gasteiger partial charge in [-0.1, -0.05) is 19.3 Å². The minimum atomic E-state index is -0.331. The number of hydrogen-bond acceptors (Lipinski definition) is 3. The summed E-state index contributed by atoms with van der Waals surface area (Å²) in [7, 11) is 1.64. The van der Waals surface area contributed by atoms with E-state index in [2.05, 4.69) is 10.6 Å². The maximum Gasteiger partial charge on any atom is 0.315 e. The van der Waals surface area contributed by atoms with Crippen LogP contribution in [0.5, 0.6) is 11.5 Å².